The van der Waals surface area contributed by atoms with E-state index in [1.54, 1.807) is 4.52 Å². The summed E-state index contributed by atoms with van der Waals surface area (Å²) in [7, 11) is 0. The molecule has 4 heterocycles. The fraction of sp³-hybridized carbons (Fsp3) is 0.524. The van der Waals surface area contributed by atoms with Crippen molar-refractivity contribution in [2.24, 2.45) is 0 Å². The van der Waals surface area contributed by atoms with Crippen LogP contribution in [0.25, 0.3) is 4.96 Å². The summed E-state index contributed by atoms with van der Waals surface area (Å²) in [6, 6.07) is 8.46. The SMILES string of the molecule is CCc1nc2sc([C@H](c3cccc(C)c3)N3CCC4(CC3)OCCO4)c(O)n2n1. The van der Waals surface area contributed by atoms with E-state index in [-0.39, 0.29) is 11.9 Å². The Balaban J connectivity index is 1.53. The first kappa shape index (κ1) is 19.0. The van der Waals surface area contributed by atoms with E-state index in [1.807, 2.05) is 6.92 Å². The van der Waals surface area contributed by atoms with Gasteiger partial charge in [0.05, 0.1) is 24.1 Å². The highest BCUT2D eigenvalue weighted by Gasteiger charge is 2.42. The number of ether oxygens (including phenoxy) is 2. The number of hydrogen-bond donors (Lipinski definition) is 1. The number of thiazole rings is 1. The van der Waals surface area contributed by atoms with E-state index in [2.05, 4.69) is 46.2 Å². The van der Waals surface area contributed by atoms with E-state index in [1.165, 1.54) is 22.5 Å². The summed E-state index contributed by atoms with van der Waals surface area (Å²) < 4.78 is 13.4. The molecule has 1 atom stereocenters. The van der Waals surface area contributed by atoms with Crippen molar-refractivity contribution in [2.75, 3.05) is 26.3 Å². The molecule has 29 heavy (non-hydrogen) atoms. The second-order valence-corrected chi connectivity index (χ2v) is 8.84. The van der Waals surface area contributed by atoms with E-state index in [0.717, 1.165) is 48.0 Å². The highest BCUT2D eigenvalue weighted by molar-refractivity contribution is 7.17. The molecule has 0 saturated carbocycles. The maximum atomic E-state index is 11.0. The number of rotatable bonds is 4. The molecular weight excluding hydrogens is 388 g/mol. The van der Waals surface area contributed by atoms with Gasteiger partial charge in [-0.1, -0.05) is 48.1 Å². The van der Waals surface area contributed by atoms with Crippen molar-refractivity contribution < 1.29 is 14.6 Å². The molecule has 154 valence electrons. The first-order valence-electron chi connectivity index (χ1n) is 10.2. The maximum Gasteiger partial charge on any atom is 0.230 e. The van der Waals surface area contributed by atoms with Crippen LogP contribution in [-0.4, -0.2) is 56.7 Å². The Kier molecular flexibility index (Phi) is 4.82. The Bertz CT molecular complexity index is 1010. The summed E-state index contributed by atoms with van der Waals surface area (Å²) in [5, 5.41) is 15.5. The fourth-order valence-electron chi connectivity index (χ4n) is 4.40. The molecule has 8 heteroatoms. The van der Waals surface area contributed by atoms with Gasteiger partial charge < -0.3 is 14.6 Å². The van der Waals surface area contributed by atoms with Gasteiger partial charge in [-0.25, -0.2) is 4.98 Å². The lowest BCUT2D eigenvalue weighted by molar-refractivity contribution is -0.187. The Morgan fingerprint density at radius 2 is 2.00 bits per heavy atom. The van der Waals surface area contributed by atoms with Crippen LogP contribution in [0.15, 0.2) is 24.3 Å². The van der Waals surface area contributed by atoms with Crippen LogP contribution < -0.4 is 0 Å². The molecule has 1 spiro atoms. The quantitative estimate of drug-likeness (QED) is 0.706. The van der Waals surface area contributed by atoms with Gasteiger partial charge >= 0.3 is 0 Å². The van der Waals surface area contributed by atoms with Crippen molar-refractivity contribution in [1.29, 1.82) is 0 Å². The number of aromatic hydroxyl groups is 1. The zero-order valence-electron chi connectivity index (χ0n) is 16.8. The van der Waals surface area contributed by atoms with Crippen molar-refractivity contribution in [3.8, 4) is 5.88 Å². The van der Waals surface area contributed by atoms with Gasteiger partial charge in [0.25, 0.3) is 0 Å². The molecule has 0 bridgehead atoms. The minimum Gasteiger partial charge on any atom is -0.492 e. The monoisotopic (exact) mass is 414 g/mol. The summed E-state index contributed by atoms with van der Waals surface area (Å²) in [6.07, 6.45) is 2.41. The molecule has 2 aliphatic heterocycles. The van der Waals surface area contributed by atoms with Gasteiger partial charge in [-0.3, -0.25) is 4.90 Å². The topological polar surface area (TPSA) is 72.1 Å². The van der Waals surface area contributed by atoms with Gasteiger partial charge in [0, 0.05) is 32.4 Å². The molecule has 0 unspecified atom stereocenters. The average molecular weight is 415 g/mol. The van der Waals surface area contributed by atoms with E-state index in [9.17, 15) is 5.11 Å². The van der Waals surface area contributed by atoms with Crippen LogP contribution in [0.4, 0.5) is 0 Å². The van der Waals surface area contributed by atoms with Crippen molar-refractivity contribution in [3.05, 3.63) is 46.1 Å². The summed E-state index contributed by atoms with van der Waals surface area (Å²) >= 11 is 1.52. The molecule has 1 N–H and O–H groups in total. The van der Waals surface area contributed by atoms with Crippen molar-refractivity contribution in [1.82, 2.24) is 19.5 Å². The third-order valence-electron chi connectivity index (χ3n) is 5.90. The van der Waals surface area contributed by atoms with Crippen molar-refractivity contribution >= 4 is 16.3 Å². The molecular formula is C21H26N4O3S. The van der Waals surface area contributed by atoms with Crippen LogP contribution in [-0.2, 0) is 15.9 Å². The summed E-state index contributed by atoms with van der Waals surface area (Å²) in [5.41, 5.74) is 2.38. The normalized spacial score (nSPS) is 20.6. The van der Waals surface area contributed by atoms with Crippen LogP contribution in [0.5, 0.6) is 5.88 Å². The molecule has 2 aromatic heterocycles. The largest absolute Gasteiger partial charge is 0.492 e. The van der Waals surface area contributed by atoms with Gasteiger partial charge in [-0.05, 0) is 12.5 Å². The zero-order chi connectivity index (χ0) is 20.0. The Morgan fingerprint density at radius 3 is 2.66 bits per heavy atom. The molecule has 3 aromatic rings. The first-order chi connectivity index (χ1) is 14.1. The molecule has 0 radical (unpaired) electrons. The summed E-state index contributed by atoms with van der Waals surface area (Å²) in [5.74, 6) is 0.523. The Morgan fingerprint density at radius 1 is 1.24 bits per heavy atom. The minimum absolute atomic E-state index is 0.0489. The lowest BCUT2D eigenvalue weighted by atomic mass is 9.96. The second kappa shape index (κ2) is 7.36. The number of benzene rings is 1. The number of fused-ring (bicyclic) bond motifs is 1. The van der Waals surface area contributed by atoms with Crippen molar-refractivity contribution in [2.45, 2.75) is 44.9 Å². The third-order valence-corrected chi connectivity index (χ3v) is 6.98. The number of aryl methyl sites for hydroxylation is 2. The van der Waals surface area contributed by atoms with Gasteiger partial charge in [0.2, 0.25) is 10.8 Å². The highest BCUT2D eigenvalue weighted by atomic mass is 32.1. The first-order valence-corrected chi connectivity index (χ1v) is 11.1. The van der Waals surface area contributed by atoms with E-state index >= 15 is 0 Å². The molecule has 1 aromatic carbocycles. The Labute approximate surface area is 173 Å². The standard InChI is InChI=1S/C21H26N4O3S/c1-3-16-22-20-25(23-16)19(26)18(29-20)17(15-6-4-5-14(2)13-15)24-9-7-21(8-10-24)27-11-12-28-21/h4-6,13,17,26H,3,7-12H2,1-2H3/t17-/m0/s1. The number of likely N-dealkylation sites (tertiary alicyclic amines) is 1. The number of aromatic nitrogens is 3. The zero-order valence-corrected chi connectivity index (χ0v) is 17.6. The van der Waals surface area contributed by atoms with Crippen LogP contribution in [0.1, 0.15) is 47.6 Å². The number of nitrogens with zero attached hydrogens (tertiary/aromatic N) is 4. The predicted octanol–water partition coefficient (Wildman–Crippen LogP) is 3.30. The molecule has 2 saturated heterocycles. The second-order valence-electron chi connectivity index (χ2n) is 7.83. The fourth-order valence-corrected chi connectivity index (χ4v) is 5.53. The van der Waals surface area contributed by atoms with Gasteiger partial charge in [-0.15, -0.1) is 5.10 Å². The molecule has 5 rings (SSSR count). The van der Waals surface area contributed by atoms with E-state index in [4.69, 9.17) is 9.47 Å². The number of piperidine rings is 1. The molecule has 0 aliphatic carbocycles. The molecule has 7 nitrogen and oxygen atoms in total. The van der Waals surface area contributed by atoms with Crippen LogP contribution >= 0.6 is 11.3 Å². The van der Waals surface area contributed by atoms with Crippen LogP contribution in [0, 0.1) is 6.92 Å². The van der Waals surface area contributed by atoms with Gasteiger partial charge in [0.15, 0.2) is 11.6 Å². The van der Waals surface area contributed by atoms with Crippen molar-refractivity contribution in [3.63, 3.8) is 0 Å². The average Bonchev–Trinajstić information content (AvgIpc) is 3.42. The van der Waals surface area contributed by atoms with Crippen LogP contribution in [0.2, 0.25) is 0 Å². The van der Waals surface area contributed by atoms with E-state index in [0.29, 0.717) is 13.2 Å². The predicted molar refractivity (Wildman–Crippen MR) is 110 cm³/mol. The highest BCUT2D eigenvalue weighted by Crippen LogP contribution is 2.43. The van der Waals surface area contributed by atoms with Gasteiger partial charge in [-0.2, -0.15) is 4.52 Å². The van der Waals surface area contributed by atoms with Gasteiger partial charge in [0.1, 0.15) is 0 Å². The smallest absolute Gasteiger partial charge is 0.230 e. The minimum atomic E-state index is -0.419. The lowest BCUT2D eigenvalue weighted by Gasteiger charge is -2.41. The summed E-state index contributed by atoms with van der Waals surface area (Å²) in [4.78, 5) is 8.60. The third kappa shape index (κ3) is 3.34. The molecule has 0 amide bonds. The lowest BCUT2D eigenvalue weighted by Crippen LogP contribution is -2.46. The molecule has 2 fully saturated rings. The number of hydrogen-bond acceptors (Lipinski definition) is 7. The maximum absolute atomic E-state index is 11.0. The van der Waals surface area contributed by atoms with E-state index < -0.39 is 5.79 Å². The Hall–Kier alpha value is -2.00. The summed E-state index contributed by atoms with van der Waals surface area (Å²) in [6.45, 7) is 7.15. The van der Waals surface area contributed by atoms with Crippen LogP contribution in [0.3, 0.4) is 0 Å². The molecule has 2 aliphatic rings.